The first-order valence-corrected chi connectivity index (χ1v) is 7.63. The highest BCUT2D eigenvalue weighted by molar-refractivity contribution is 6.00. The summed E-state index contributed by atoms with van der Waals surface area (Å²) in [5.41, 5.74) is 7.45. The van der Waals surface area contributed by atoms with E-state index in [2.05, 4.69) is 42.4 Å². The minimum Gasteiger partial charge on any atom is -0.402 e. The Balaban J connectivity index is 4.36. The first-order valence-electron chi connectivity index (χ1n) is 7.63. The standard InChI is InChI=1S/C16H32N4/c1-7-10-20(8-2)11-9-13(3)12-19-16(18-6)14(4)15(5)17/h13H,6-12,17H2,1-5H3. The van der Waals surface area contributed by atoms with Crippen LogP contribution in [0.15, 0.2) is 21.3 Å². The van der Waals surface area contributed by atoms with Gasteiger partial charge in [0.05, 0.1) is 0 Å². The Bertz CT molecular complexity index is 340. The maximum Gasteiger partial charge on any atom is 0.151 e. The average molecular weight is 280 g/mol. The van der Waals surface area contributed by atoms with E-state index in [0.29, 0.717) is 11.8 Å². The van der Waals surface area contributed by atoms with Crippen LogP contribution in [-0.4, -0.2) is 43.6 Å². The number of hydrogen-bond donors (Lipinski definition) is 1. The lowest BCUT2D eigenvalue weighted by atomic mass is 10.1. The molecule has 4 heteroatoms. The molecule has 0 amide bonds. The van der Waals surface area contributed by atoms with Crippen molar-refractivity contribution in [1.29, 1.82) is 0 Å². The lowest BCUT2D eigenvalue weighted by molar-refractivity contribution is 0.268. The van der Waals surface area contributed by atoms with Crippen LogP contribution in [0.25, 0.3) is 0 Å². The number of rotatable bonds is 9. The summed E-state index contributed by atoms with van der Waals surface area (Å²) >= 11 is 0. The molecule has 0 aromatic rings. The fraction of sp³-hybridized carbons (Fsp3) is 0.750. The summed E-state index contributed by atoms with van der Waals surface area (Å²) in [4.78, 5) is 11.0. The van der Waals surface area contributed by atoms with E-state index in [1.54, 1.807) is 0 Å². The fourth-order valence-electron chi connectivity index (χ4n) is 1.94. The Kier molecular flexibility index (Phi) is 9.99. The molecule has 0 aliphatic carbocycles. The molecule has 1 atom stereocenters. The van der Waals surface area contributed by atoms with E-state index in [1.165, 1.54) is 13.0 Å². The highest BCUT2D eigenvalue weighted by atomic mass is 15.1. The Hall–Kier alpha value is -1.16. The molecule has 4 nitrogen and oxygen atoms in total. The number of amidine groups is 1. The second-order valence-electron chi connectivity index (χ2n) is 5.46. The van der Waals surface area contributed by atoms with Crippen LogP contribution in [0.2, 0.25) is 0 Å². The molecule has 2 N–H and O–H groups in total. The van der Waals surface area contributed by atoms with Crippen LogP contribution in [0, 0.1) is 5.92 Å². The molecule has 0 aromatic heterocycles. The van der Waals surface area contributed by atoms with E-state index in [1.807, 2.05) is 13.8 Å². The van der Waals surface area contributed by atoms with E-state index < -0.39 is 0 Å². The van der Waals surface area contributed by atoms with Crippen molar-refractivity contribution in [2.75, 3.05) is 26.2 Å². The molecule has 1 unspecified atom stereocenters. The summed E-state index contributed by atoms with van der Waals surface area (Å²) in [6, 6.07) is 0. The van der Waals surface area contributed by atoms with E-state index in [-0.39, 0.29) is 0 Å². The summed E-state index contributed by atoms with van der Waals surface area (Å²) in [5.74, 6) is 1.22. The first kappa shape index (κ1) is 18.8. The van der Waals surface area contributed by atoms with Crippen LogP contribution >= 0.6 is 0 Å². The number of hydrogen-bond acceptors (Lipinski definition) is 3. The van der Waals surface area contributed by atoms with Crippen molar-refractivity contribution < 1.29 is 0 Å². The third-order valence-electron chi connectivity index (χ3n) is 3.55. The van der Waals surface area contributed by atoms with Gasteiger partial charge in [0.15, 0.2) is 5.84 Å². The van der Waals surface area contributed by atoms with Crippen LogP contribution in [0.4, 0.5) is 0 Å². The van der Waals surface area contributed by atoms with Crippen molar-refractivity contribution in [3.63, 3.8) is 0 Å². The second-order valence-corrected chi connectivity index (χ2v) is 5.46. The van der Waals surface area contributed by atoms with Gasteiger partial charge in [0.1, 0.15) is 0 Å². The van der Waals surface area contributed by atoms with E-state index in [9.17, 15) is 0 Å². The van der Waals surface area contributed by atoms with Gasteiger partial charge in [-0.15, -0.1) is 0 Å². The van der Waals surface area contributed by atoms with Gasteiger partial charge in [-0.1, -0.05) is 20.8 Å². The van der Waals surface area contributed by atoms with Crippen LogP contribution in [-0.2, 0) is 0 Å². The maximum absolute atomic E-state index is 5.77. The Morgan fingerprint density at radius 2 is 1.90 bits per heavy atom. The SMILES string of the molecule is C=NC(=NCC(C)CCN(CC)CCC)C(C)=C(C)N. The zero-order chi connectivity index (χ0) is 15.5. The summed E-state index contributed by atoms with van der Waals surface area (Å²) < 4.78 is 0. The largest absolute Gasteiger partial charge is 0.402 e. The van der Waals surface area contributed by atoms with Crippen molar-refractivity contribution in [1.82, 2.24) is 4.90 Å². The maximum atomic E-state index is 5.77. The number of allylic oxidation sites excluding steroid dienone is 1. The molecule has 0 rings (SSSR count). The third kappa shape index (κ3) is 7.43. The van der Waals surface area contributed by atoms with Crippen molar-refractivity contribution >= 4 is 12.6 Å². The molecule has 20 heavy (non-hydrogen) atoms. The topological polar surface area (TPSA) is 54.0 Å². The molecule has 0 aliphatic heterocycles. The predicted octanol–water partition coefficient (Wildman–Crippen LogP) is 3.10. The summed E-state index contributed by atoms with van der Waals surface area (Å²) in [5, 5.41) is 0. The lowest BCUT2D eigenvalue weighted by Crippen LogP contribution is -2.27. The molecule has 0 radical (unpaired) electrons. The molecule has 0 saturated heterocycles. The highest BCUT2D eigenvalue weighted by Gasteiger charge is 2.07. The van der Waals surface area contributed by atoms with Crippen molar-refractivity contribution in [2.45, 2.75) is 47.5 Å². The van der Waals surface area contributed by atoms with Crippen LogP contribution in [0.3, 0.4) is 0 Å². The smallest absolute Gasteiger partial charge is 0.151 e. The third-order valence-corrected chi connectivity index (χ3v) is 3.55. The van der Waals surface area contributed by atoms with Crippen molar-refractivity contribution in [3.8, 4) is 0 Å². The summed E-state index contributed by atoms with van der Waals surface area (Å²) in [6.07, 6.45) is 2.37. The van der Waals surface area contributed by atoms with Gasteiger partial charge in [0.2, 0.25) is 0 Å². The highest BCUT2D eigenvalue weighted by Crippen LogP contribution is 2.08. The molecule has 116 valence electrons. The Labute approximate surface area is 124 Å². The Morgan fingerprint density at radius 3 is 2.35 bits per heavy atom. The Morgan fingerprint density at radius 1 is 1.25 bits per heavy atom. The second kappa shape index (κ2) is 10.6. The molecule has 0 fully saturated rings. The fourth-order valence-corrected chi connectivity index (χ4v) is 1.94. The van der Waals surface area contributed by atoms with Crippen molar-refractivity contribution in [2.24, 2.45) is 21.6 Å². The zero-order valence-electron chi connectivity index (χ0n) is 13.9. The van der Waals surface area contributed by atoms with Gasteiger partial charge in [-0.2, -0.15) is 0 Å². The quantitative estimate of drug-likeness (QED) is 0.521. The monoisotopic (exact) mass is 280 g/mol. The minimum absolute atomic E-state index is 0.545. The van der Waals surface area contributed by atoms with Gasteiger partial charge in [0, 0.05) is 17.8 Å². The van der Waals surface area contributed by atoms with Gasteiger partial charge < -0.3 is 10.6 Å². The van der Waals surface area contributed by atoms with Gasteiger partial charge >= 0.3 is 0 Å². The van der Waals surface area contributed by atoms with Gasteiger partial charge in [-0.25, -0.2) is 4.99 Å². The molecular weight excluding hydrogens is 248 g/mol. The molecule has 0 aliphatic rings. The molecule has 0 heterocycles. The number of nitrogens with two attached hydrogens (primary N) is 1. The summed E-state index contributed by atoms with van der Waals surface area (Å²) in [6.45, 7) is 18.3. The van der Waals surface area contributed by atoms with Crippen molar-refractivity contribution in [3.05, 3.63) is 11.3 Å². The van der Waals surface area contributed by atoms with Crippen LogP contribution < -0.4 is 5.73 Å². The first-order chi connectivity index (χ1) is 9.46. The van der Waals surface area contributed by atoms with E-state index in [0.717, 1.165) is 37.3 Å². The van der Waals surface area contributed by atoms with E-state index in [4.69, 9.17) is 5.73 Å². The van der Waals surface area contributed by atoms with Crippen LogP contribution in [0.1, 0.15) is 47.5 Å². The van der Waals surface area contributed by atoms with Crippen LogP contribution in [0.5, 0.6) is 0 Å². The molecule has 0 bridgehead atoms. The molecule has 0 spiro atoms. The average Bonchev–Trinajstić information content (AvgIpc) is 2.43. The van der Waals surface area contributed by atoms with Gasteiger partial charge in [0.25, 0.3) is 0 Å². The normalized spacial score (nSPS) is 15.2. The molecular formula is C16H32N4. The number of nitrogens with zero attached hydrogens (tertiary/aromatic N) is 3. The molecule has 0 saturated carbocycles. The van der Waals surface area contributed by atoms with Gasteiger partial charge in [-0.3, -0.25) is 4.99 Å². The van der Waals surface area contributed by atoms with Gasteiger partial charge in [-0.05, 0) is 59.0 Å². The zero-order valence-corrected chi connectivity index (χ0v) is 13.9. The summed E-state index contributed by atoms with van der Waals surface area (Å²) in [7, 11) is 0. The number of aliphatic imine (C=N–C) groups is 2. The molecule has 0 aromatic carbocycles. The minimum atomic E-state index is 0.545. The van der Waals surface area contributed by atoms with E-state index >= 15 is 0 Å². The predicted molar refractivity (Wildman–Crippen MR) is 90.6 cm³/mol. The lowest BCUT2D eigenvalue weighted by Gasteiger charge is -2.21.